The number of rotatable bonds is 4. The molecule has 18 heavy (non-hydrogen) atoms. The van der Waals surface area contributed by atoms with E-state index in [2.05, 4.69) is 27.1 Å². The number of hydrogen-bond acceptors (Lipinski definition) is 5. The summed E-state index contributed by atoms with van der Waals surface area (Å²) in [5.74, 6) is -0.0119. The van der Waals surface area contributed by atoms with Crippen LogP contribution >= 0.6 is 11.5 Å². The Morgan fingerprint density at radius 1 is 1.56 bits per heavy atom. The Hall–Kier alpha value is -1.01. The molecule has 0 aliphatic carbocycles. The first-order chi connectivity index (χ1) is 8.81. The molecule has 0 spiro atoms. The van der Waals surface area contributed by atoms with E-state index in [0.717, 1.165) is 38.0 Å². The second kappa shape index (κ2) is 6.80. The van der Waals surface area contributed by atoms with Crippen LogP contribution in [0.15, 0.2) is 0 Å². The minimum absolute atomic E-state index is 0.0119. The van der Waals surface area contributed by atoms with E-state index in [0.29, 0.717) is 4.88 Å². The van der Waals surface area contributed by atoms with Gasteiger partial charge >= 0.3 is 0 Å². The molecule has 2 N–H and O–H groups in total. The molecule has 1 atom stereocenters. The maximum absolute atomic E-state index is 12.2. The van der Waals surface area contributed by atoms with Gasteiger partial charge < -0.3 is 10.6 Å². The summed E-state index contributed by atoms with van der Waals surface area (Å²) in [5.41, 5.74) is 0.835. The fraction of sp³-hybridized carbons (Fsp3) is 0.750. The highest BCUT2D eigenvalue weighted by atomic mass is 32.1. The fourth-order valence-corrected chi connectivity index (χ4v) is 2.79. The smallest absolute Gasteiger partial charge is 0.265 e. The summed E-state index contributed by atoms with van der Waals surface area (Å²) in [6, 6.07) is 0.233. The standard InChI is InChI=1S/C12H20N4OS/c1-2-5-10-11(18-16-15-10)12(17)14-9-6-3-4-7-13-8-9/h9,13H,2-8H2,1H3,(H,14,17). The normalized spacial score (nSPS) is 20.4. The molecule has 5 nitrogen and oxygen atoms in total. The first kappa shape index (κ1) is 13.4. The van der Waals surface area contributed by atoms with E-state index >= 15 is 0 Å². The van der Waals surface area contributed by atoms with Gasteiger partial charge in [-0.25, -0.2) is 0 Å². The quantitative estimate of drug-likeness (QED) is 0.865. The summed E-state index contributed by atoms with van der Waals surface area (Å²) < 4.78 is 3.89. The molecule has 0 aromatic carbocycles. The van der Waals surface area contributed by atoms with Crippen LogP contribution in [0.5, 0.6) is 0 Å². The molecule has 0 bridgehead atoms. The number of carbonyl (C=O) groups is 1. The first-order valence-corrected chi connectivity index (χ1v) is 7.41. The zero-order chi connectivity index (χ0) is 12.8. The molecule has 0 saturated carbocycles. The fourth-order valence-electron chi connectivity index (χ4n) is 2.17. The second-order valence-corrected chi connectivity index (χ2v) is 5.42. The Balaban J connectivity index is 1.95. The molecule has 1 aromatic heterocycles. The lowest BCUT2D eigenvalue weighted by molar-refractivity contribution is 0.0938. The van der Waals surface area contributed by atoms with Gasteiger partial charge in [-0.05, 0) is 37.3 Å². The van der Waals surface area contributed by atoms with Gasteiger partial charge in [-0.1, -0.05) is 24.3 Å². The number of nitrogens with zero attached hydrogens (tertiary/aromatic N) is 2. The molecular formula is C12H20N4OS. The van der Waals surface area contributed by atoms with Crippen LogP contribution in [0.25, 0.3) is 0 Å². The van der Waals surface area contributed by atoms with Crippen LogP contribution in [0.2, 0.25) is 0 Å². The van der Waals surface area contributed by atoms with E-state index in [-0.39, 0.29) is 11.9 Å². The van der Waals surface area contributed by atoms with E-state index in [1.165, 1.54) is 24.4 Å². The molecule has 100 valence electrons. The maximum Gasteiger partial charge on any atom is 0.265 e. The van der Waals surface area contributed by atoms with Gasteiger partial charge in [0.05, 0.1) is 5.69 Å². The maximum atomic E-state index is 12.2. The van der Waals surface area contributed by atoms with Crippen LogP contribution in [-0.2, 0) is 6.42 Å². The van der Waals surface area contributed by atoms with Gasteiger partial charge in [-0.3, -0.25) is 4.79 Å². The van der Waals surface area contributed by atoms with Crippen LogP contribution in [0.4, 0.5) is 0 Å². The Bertz CT molecular complexity index is 385. The van der Waals surface area contributed by atoms with Crippen LogP contribution in [0.1, 0.15) is 48.0 Å². The van der Waals surface area contributed by atoms with Crippen LogP contribution in [0, 0.1) is 0 Å². The molecule has 6 heteroatoms. The minimum atomic E-state index is -0.0119. The number of amides is 1. The number of carbonyl (C=O) groups excluding carboxylic acids is 1. The summed E-state index contributed by atoms with van der Waals surface area (Å²) in [6.45, 7) is 3.99. The third-order valence-electron chi connectivity index (χ3n) is 3.13. The Labute approximate surface area is 112 Å². The summed E-state index contributed by atoms with van der Waals surface area (Å²) in [6.07, 6.45) is 5.21. The van der Waals surface area contributed by atoms with E-state index in [1.807, 2.05) is 0 Å². The van der Waals surface area contributed by atoms with Gasteiger partial charge in [0.25, 0.3) is 5.91 Å². The van der Waals surface area contributed by atoms with Gasteiger partial charge in [0.2, 0.25) is 0 Å². The number of aryl methyl sites for hydroxylation is 1. The van der Waals surface area contributed by atoms with Gasteiger partial charge in [-0.2, -0.15) is 0 Å². The van der Waals surface area contributed by atoms with Crippen LogP contribution in [0.3, 0.4) is 0 Å². The van der Waals surface area contributed by atoms with Crippen molar-refractivity contribution >= 4 is 17.4 Å². The van der Waals surface area contributed by atoms with Crippen molar-refractivity contribution in [3.05, 3.63) is 10.6 Å². The highest BCUT2D eigenvalue weighted by Gasteiger charge is 2.19. The topological polar surface area (TPSA) is 66.9 Å². The van der Waals surface area contributed by atoms with Gasteiger partial charge in [-0.15, -0.1) is 5.10 Å². The van der Waals surface area contributed by atoms with Crippen molar-refractivity contribution in [2.45, 2.75) is 45.1 Å². The second-order valence-electron chi connectivity index (χ2n) is 4.67. The van der Waals surface area contributed by atoms with Crippen molar-refractivity contribution in [1.29, 1.82) is 0 Å². The molecule has 1 saturated heterocycles. The minimum Gasteiger partial charge on any atom is -0.347 e. The average Bonchev–Trinajstić information content (AvgIpc) is 2.67. The third kappa shape index (κ3) is 3.49. The molecule has 1 unspecified atom stereocenters. The largest absolute Gasteiger partial charge is 0.347 e. The highest BCUT2D eigenvalue weighted by Crippen LogP contribution is 2.13. The van der Waals surface area contributed by atoms with Gasteiger partial charge in [0.15, 0.2) is 0 Å². The van der Waals surface area contributed by atoms with Crippen LogP contribution in [-0.4, -0.2) is 34.6 Å². The zero-order valence-electron chi connectivity index (χ0n) is 10.7. The average molecular weight is 268 g/mol. The predicted molar refractivity (Wildman–Crippen MR) is 71.9 cm³/mol. The molecule has 1 amide bonds. The Morgan fingerprint density at radius 2 is 2.44 bits per heavy atom. The molecule has 1 aromatic rings. The Kier molecular flexibility index (Phi) is 5.07. The molecule has 2 heterocycles. The summed E-state index contributed by atoms with van der Waals surface area (Å²) in [4.78, 5) is 12.9. The summed E-state index contributed by atoms with van der Waals surface area (Å²) >= 11 is 1.20. The lowest BCUT2D eigenvalue weighted by Crippen LogP contribution is -2.40. The zero-order valence-corrected chi connectivity index (χ0v) is 11.6. The lowest BCUT2D eigenvalue weighted by Gasteiger charge is -2.15. The SMILES string of the molecule is CCCc1nnsc1C(=O)NC1CCCCNC1. The highest BCUT2D eigenvalue weighted by molar-refractivity contribution is 7.08. The van der Waals surface area contributed by atoms with Crippen molar-refractivity contribution in [1.82, 2.24) is 20.2 Å². The van der Waals surface area contributed by atoms with Crippen molar-refractivity contribution in [2.75, 3.05) is 13.1 Å². The third-order valence-corrected chi connectivity index (χ3v) is 3.90. The van der Waals surface area contributed by atoms with E-state index in [9.17, 15) is 4.79 Å². The molecule has 0 radical (unpaired) electrons. The number of aromatic nitrogens is 2. The van der Waals surface area contributed by atoms with E-state index in [4.69, 9.17) is 0 Å². The molecule has 2 rings (SSSR count). The number of nitrogens with one attached hydrogen (secondary N) is 2. The monoisotopic (exact) mass is 268 g/mol. The van der Waals surface area contributed by atoms with Gasteiger partial charge in [0, 0.05) is 12.6 Å². The Morgan fingerprint density at radius 3 is 3.28 bits per heavy atom. The van der Waals surface area contributed by atoms with Crippen molar-refractivity contribution in [3.63, 3.8) is 0 Å². The predicted octanol–water partition coefficient (Wildman–Crippen LogP) is 1.36. The summed E-state index contributed by atoms with van der Waals surface area (Å²) in [5, 5.41) is 10.5. The first-order valence-electron chi connectivity index (χ1n) is 6.64. The molecule has 1 aliphatic heterocycles. The van der Waals surface area contributed by atoms with Crippen molar-refractivity contribution < 1.29 is 4.79 Å². The molecular weight excluding hydrogens is 248 g/mol. The van der Waals surface area contributed by atoms with Crippen molar-refractivity contribution in [2.24, 2.45) is 0 Å². The molecule has 1 fully saturated rings. The van der Waals surface area contributed by atoms with Crippen molar-refractivity contribution in [3.8, 4) is 0 Å². The lowest BCUT2D eigenvalue weighted by atomic mass is 10.1. The van der Waals surface area contributed by atoms with E-state index < -0.39 is 0 Å². The summed E-state index contributed by atoms with van der Waals surface area (Å²) in [7, 11) is 0. The van der Waals surface area contributed by atoms with Gasteiger partial charge in [0.1, 0.15) is 4.88 Å². The number of hydrogen-bond donors (Lipinski definition) is 2. The van der Waals surface area contributed by atoms with Crippen LogP contribution < -0.4 is 10.6 Å². The molecule has 1 aliphatic rings. The van der Waals surface area contributed by atoms with E-state index in [1.54, 1.807) is 0 Å².